The highest BCUT2D eigenvalue weighted by molar-refractivity contribution is 5.86. The van der Waals surface area contributed by atoms with Gasteiger partial charge in [0, 0.05) is 44.5 Å². The van der Waals surface area contributed by atoms with E-state index in [0.29, 0.717) is 32.5 Å². The van der Waals surface area contributed by atoms with Crippen LogP contribution < -0.4 is 5.32 Å². The van der Waals surface area contributed by atoms with Gasteiger partial charge in [0.2, 0.25) is 11.8 Å². The van der Waals surface area contributed by atoms with Crippen molar-refractivity contribution in [3.8, 4) is 0 Å². The Bertz CT molecular complexity index is 1020. The lowest BCUT2D eigenvalue weighted by atomic mass is 9.95. The van der Waals surface area contributed by atoms with Gasteiger partial charge in [-0.2, -0.15) is 5.10 Å². The van der Waals surface area contributed by atoms with Gasteiger partial charge in [-0.15, -0.1) is 0 Å². The van der Waals surface area contributed by atoms with Crippen molar-refractivity contribution in [3.05, 3.63) is 83.4 Å². The number of hydrogen-bond donors (Lipinski definition) is 1. The summed E-state index contributed by atoms with van der Waals surface area (Å²) in [6.07, 6.45) is 4.70. The summed E-state index contributed by atoms with van der Waals surface area (Å²) >= 11 is 0. The van der Waals surface area contributed by atoms with E-state index in [2.05, 4.69) is 15.4 Å². The smallest absolute Gasteiger partial charge is 0.231 e. The molecule has 7 nitrogen and oxygen atoms in total. The third kappa shape index (κ3) is 4.56. The molecule has 154 valence electrons. The minimum atomic E-state index is -0.487. The predicted octanol–water partition coefficient (Wildman–Crippen LogP) is 2.19. The zero-order chi connectivity index (χ0) is 20.9. The monoisotopic (exact) mass is 403 g/mol. The zero-order valence-corrected chi connectivity index (χ0v) is 17.0. The van der Waals surface area contributed by atoms with Gasteiger partial charge in [-0.3, -0.25) is 19.3 Å². The Balaban J connectivity index is 1.44. The van der Waals surface area contributed by atoms with Crippen LogP contribution in [-0.2, 0) is 36.1 Å². The van der Waals surface area contributed by atoms with Gasteiger partial charge < -0.3 is 10.2 Å². The van der Waals surface area contributed by atoms with Crippen LogP contribution in [0.25, 0.3) is 0 Å². The molecule has 2 amide bonds. The summed E-state index contributed by atoms with van der Waals surface area (Å²) in [5.74, 6) is -0.573. The van der Waals surface area contributed by atoms with Crippen LogP contribution in [0, 0.1) is 0 Å². The van der Waals surface area contributed by atoms with E-state index in [1.165, 1.54) is 0 Å². The Labute approximate surface area is 175 Å². The number of rotatable bonds is 6. The van der Waals surface area contributed by atoms with Gasteiger partial charge in [0.15, 0.2) is 0 Å². The van der Waals surface area contributed by atoms with Crippen molar-refractivity contribution >= 4 is 11.8 Å². The Kier molecular flexibility index (Phi) is 5.88. The minimum Gasteiger partial charge on any atom is -0.350 e. The molecule has 0 radical (unpaired) electrons. The third-order valence-electron chi connectivity index (χ3n) is 5.34. The molecule has 1 aliphatic rings. The standard InChI is InChI=1S/C23H25N5O2/c1-27-14-18-15-28(21(29)11-10-17-7-3-2-4-8-17)16-20(22(18)26-27)23(30)25-13-19-9-5-6-12-24-19/h2-9,12,14,20H,10-11,13,15-16H2,1H3,(H,25,30). The highest BCUT2D eigenvalue weighted by Crippen LogP contribution is 2.28. The number of pyridine rings is 1. The molecule has 3 heterocycles. The molecule has 0 aliphatic carbocycles. The number of nitrogens with one attached hydrogen (secondary N) is 1. The molecule has 0 bridgehead atoms. The van der Waals surface area contributed by atoms with Gasteiger partial charge in [-0.25, -0.2) is 0 Å². The molecule has 0 fully saturated rings. The SMILES string of the molecule is Cn1cc2c(n1)C(C(=O)NCc1ccccn1)CN(C(=O)CCc1ccccc1)C2. The fourth-order valence-corrected chi connectivity index (χ4v) is 3.80. The maximum Gasteiger partial charge on any atom is 0.231 e. The molecule has 30 heavy (non-hydrogen) atoms. The molecular weight excluding hydrogens is 378 g/mol. The van der Waals surface area contributed by atoms with Crippen molar-refractivity contribution in [2.45, 2.75) is 31.8 Å². The molecule has 1 unspecified atom stereocenters. The van der Waals surface area contributed by atoms with Crippen molar-refractivity contribution in [3.63, 3.8) is 0 Å². The summed E-state index contributed by atoms with van der Waals surface area (Å²) < 4.78 is 1.71. The number of benzene rings is 1. The first-order valence-electron chi connectivity index (χ1n) is 10.1. The predicted molar refractivity (Wildman–Crippen MR) is 112 cm³/mol. The van der Waals surface area contributed by atoms with E-state index in [1.807, 2.05) is 61.8 Å². The lowest BCUT2D eigenvalue weighted by Crippen LogP contribution is -2.43. The summed E-state index contributed by atoms with van der Waals surface area (Å²) in [5, 5.41) is 7.45. The van der Waals surface area contributed by atoms with Crippen LogP contribution in [0.4, 0.5) is 0 Å². The number of carbonyl (C=O) groups excluding carboxylic acids is 2. The maximum absolute atomic E-state index is 13.0. The summed E-state index contributed by atoms with van der Waals surface area (Å²) in [5.41, 5.74) is 3.60. The Morgan fingerprint density at radius 3 is 2.70 bits per heavy atom. The first kappa shape index (κ1) is 19.8. The number of aryl methyl sites for hydroxylation is 2. The van der Waals surface area contributed by atoms with Crippen molar-refractivity contribution in [1.29, 1.82) is 0 Å². The van der Waals surface area contributed by atoms with E-state index in [0.717, 1.165) is 22.5 Å². The van der Waals surface area contributed by atoms with E-state index in [1.54, 1.807) is 15.8 Å². The molecule has 3 aromatic rings. The summed E-state index contributed by atoms with van der Waals surface area (Å²) in [6.45, 7) is 1.17. The highest BCUT2D eigenvalue weighted by Gasteiger charge is 2.34. The molecule has 1 N–H and O–H groups in total. The van der Waals surface area contributed by atoms with Gasteiger partial charge in [0.25, 0.3) is 0 Å². The number of carbonyl (C=O) groups is 2. The number of amides is 2. The number of nitrogens with zero attached hydrogens (tertiary/aromatic N) is 4. The molecule has 0 saturated heterocycles. The fraction of sp³-hybridized carbons (Fsp3) is 0.304. The molecule has 4 rings (SSSR count). The molecule has 7 heteroatoms. The van der Waals surface area contributed by atoms with Crippen LogP contribution in [0.2, 0.25) is 0 Å². The average molecular weight is 403 g/mol. The number of fused-ring (bicyclic) bond motifs is 1. The normalized spacial score (nSPS) is 15.5. The second-order valence-corrected chi connectivity index (χ2v) is 7.56. The summed E-state index contributed by atoms with van der Waals surface area (Å²) in [6, 6.07) is 15.6. The minimum absolute atomic E-state index is 0.0517. The van der Waals surface area contributed by atoms with E-state index in [4.69, 9.17) is 0 Å². The number of aromatic nitrogens is 3. The van der Waals surface area contributed by atoms with Crippen LogP contribution in [0.5, 0.6) is 0 Å². The van der Waals surface area contributed by atoms with Gasteiger partial charge in [-0.1, -0.05) is 36.4 Å². The van der Waals surface area contributed by atoms with Crippen molar-refractivity contribution in [2.24, 2.45) is 7.05 Å². The molecule has 1 aromatic carbocycles. The molecular formula is C23H25N5O2. The van der Waals surface area contributed by atoms with Gasteiger partial charge >= 0.3 is 0 Å². The molecule has 2 aromatic heterocycles. The fourth-order valence-electron chi connectivity index (χ4n) is 3.80. The van der Waals surface area contributed by atoms with Crippen LogP contribution >= 0.6 is 0 Å². The van der Waals surface area contributed by atoms with Crippen LogP contribution in [0.3, 0.4) is 0 Å². The van der Waals surface area contributed by atoms with Crippen molar-refractivity contribution < 1.29 is 9.59 Å². The maximum atomic E-state index is 13.0. The van der Waals surface area contributed by atoms with Gasteiger partial charge in [-0.05, 0) is 24.1 Å². The largest absolute Gasteiger partial charge is 0.350 e. The molecule has 1 atom stereocenters. The first-order valence-corrected chi connectivity index (χ1v) is 10.1. The quantitative estimate of drug-likeness (QED) is 0.684. The Morgan fingerprint density at radius 2 is 1.93 bits per heavy atom. The van der Waals surface area contributed by atoms with Crippen LogP contribution in [0.1, 0.15) is 34.9 Å². The van der Waals surface area contributed by atoms with E-state index in [-0.39, 0.29) is 11.8 Å². The Hall–Kier alpha value is -3.48. The molecule has 0 saturated carbocycles. The van der Waals surface area contributed by atoms with E-state index in [9.17, 15) is 9.59 Å². The molecule has 0 spiro atoms. The van der Waals surface area contributed by atoms with Crippen LogP contribution in [-0.4, -0.2) is 38.0 Å². The van der Waals surface area contributed by atoms with Crippen LogP contribution in [0.15, 0.2) is 60.9 Å². The zero-order valence-electron chi connectivity index (χ0n) is 17.0. The average Bonchev–Trinajstić information content (AvgIpc) is 3.16. The van der Waals surface area contributed by atoms with Gasteiger partial charge in [0.05, 0.1) is 23.9 Å². The third-order valence-corrected chi connectivity index (χ3v) is 5.34. The molecule has 1 aliphatic heterocycles. The van der Waals surface area contributed by atoms with Gasteiger partial charge in [0.1, 0.15) is 0 Å². The second-order valence-electron chi connectivity index (χ2n) is 7.56. The van der Waals surface area contributed by atoms with E-state index >= 15 is 0 Å². The number of hydrogen-bond acceptors (Lipinski definition) is 4. The lowest BCUT2D eigenvalue weighted by Gasteiger charge is -2.31. The topological polar surface area (TPSA) is 80.1 Å². The Morgan fingerprint density at radius 1 is 1.13 bits per heavy atom. The summed E-state index contributed by atoms with van der Waals surface area (Å²) in [4.78, 5) is 31.9. The second kappa shape index (κ2) is 8.90. The van der Waals surface area contributed by atoms with E-state index < -0.39 is 5.92 Å². The summed E-state index contributed by atoms with van der Waals surface area (Å²) in [7, 11) is 1.84. The van der Waals surface area contributed by atoms with Crippen molar-refractivity contribution in [1.82, 2.24) is 25.0 Å². The van der Waals surface area contributed by atoms with Crippen molar-refractivity contribution in [2.75, 3.05) is 6.54 Å². The first-order chi connectivity index (χ1) is 14.6. The highest BCUT2D eigenvalue weighted by atomic mass is 16.2. The lowest BCUT2D eigenvalue weighted by molar-refractivity contribution is -0.133.